The van der Waals surface area contributed by atoms with Crippen LogP contribution in [0.25, 0.3) is 0 Å². The van der Waals surface area contributed by atoms with E-state index >= 15 is 0 Å². The second-order valence-corrected chi connectivity index (χ2v) is 8.80. The molecule has 0 radical (unpaired) electrons. The average molecular weight is 336 g/mol. The molecule has 23 heavy (non-hydrogen) atoms. The van der Waals surface area contributed by atoms with Crippen molar-refractivity contribution in [2.45, 2.75) is 57.5 Å². The number of rotatable bonds is 2. The number of fused-ring (bicyclic) bond motifs is 5. The highest BCUT2D eigenvalue weighted by molar-refractivity contribution is 7.80. The minimum atomic E-state index is -4.37. The molecule has 0 saturated heterocycles. The molecule has 2 saturated carbocycles. The van der Waals surface area contributed by atoms with Gasteiger partial charge in [-0.1, -0.05) is 31.2 Å². The SMILES string of the molecule is CC12CCC3c4ccccc4CCC3C1CCC2OS(=O)(=O)O. The maximum atomic E-state index is 11.2. The van der Waals surface area contributed by atoms with Crippen molar-refractivity contribution in [1.29, 1.82) is 0 Å². The summed E-state index contributed by atoms with van der Waals surface area (Å²) >= 11 is 0. The molecule has 5 unspecified atom stereocenters. The van der Waals surface area contributed by atoms with Crippen LogP contribution in [0, 0.1) is 17.3 Å². The van der Waals surface area contributed by atoms with Crippen molar-refractivity contribution in [2.75, 3.05) is 0 Å². The lowest BCUT2D eigenvalue weighted by Crippen LogP contribution is -2.45. The lowest BCUT2D eigenvalue weighted by atomic mass is 9.55. The molecule has 0 aromatic heterocycles. The van der Waals surface area contributed by atoms with Gasteiger partial charge in [-0.3, -0.25) is 4.55 Å². The Bertz CT molecular complexity index is 713. The Morgan fingerprint density at radius 2 is 1.96 bits per heavy atom. The van der Waals surface area contributed by atoms with E-state index in [1.165, 1.54) is 17.5 Å². The highest BCUT2D eigenvalue weighted by atomic mass is 32.3. The van der Waals surface area contributed by atoms with Crippen molar-refractivity contribution in [3.05, 3.63) is 35.4 Å². The molecule has 4 rings (SSSR count). The van der Waals surface area contributed by atoms with Crippen molar-refractivity contribution in [1.82, 2.24) is 0 Å². The summed E-state index contributed by atoms with van der Waals surface area (Å²) in [5, 5.41) is 0. The summed E-state index contributed by atoms with van der Waals surface area (Å²) in [6.45, 7) is 2.16. The molecule has 0 amide bonds. The molecule has 0 heterocycles. The zero-order valence-corrected chi connectivity index (χ0v) is 14.3. The van der Waals surface area contributed by atoms with Gasteiger partial charge in [-0.25, -0.2) is 4.18 Å². The van der Waals surface area contributed by atoms with Crippen LogP contribution in [0.15, 0.2) is 24.3 Å². The molecule has 1 aromatic carbocycles. The Morgan fingerprint density at radius 1 is 1.17 bits per heavy atom. The summed E-state index contributed by atoms with van der Waals surface area (Å²) in [6.07, 6.45) is 5.70. The van der Waals surface area contributed by atoms with Crippen LogP contribution in [0.4, 0.5) is 0 Å². The standard InChI is InChI=1S/C18H24O4S/c1-18-11-10-14-13-5-3-2-4-12(13)6-7-15(14)16(18)8-9-17(18)22-23(19,20)21/h2-5,14-17H,6-11H2,1H3,(H,19,20,21). The fourth-order valence-corrected chi connectivity index (χ4v) is 6.39. The van der Waals surface area contributed by atoms with Crippen LogP contribution in [0.2, 0.25) is 0 Å². The minimum absolute atomic E-state index is 0.136. The maximum absolute atomic E-state index is 11.2. The number of hydrogen-bond donors (Lipinski definition) is 1. The molecule has 3 aliphatic rings. The second-order valence-electron chi connectivity index (χ2n) is 7.75. The minimum Gasteiger partial charge on any atom is -0.264 e. The van der Waals surface area contributed by atoms with Gasteiger partial charge in [0.2, 0.25) is 0 Å². The third-order valence-electron chi connectivity index (χ3n) is 6.79. The maximum Gasteiger partial charge on any atom is 0.397 e. The molecular weight excluding hydrogens is 312 g/mol. The first-order valence-electron chi connectivity index (χ1n) is 8.62. The smallest absolute Gasteiger partial charge is 0.264 e. The van der Waals surface area contributed by atoms with Gasteiger partial charge in [-0.05, 0) is 72.8 Å². The lowest BCUT2D eigenvalue weighted by molar-refractivity contribution is -0.0121. The van der Waals surface area contributed by atoms with Crippen LogP contribution in [-0.2, 0) is 21.0 Å². The first-order chi connectivity index (χ1) is 10.9. The van der Waals surface area contributed by atoms with E-state index in [-0.39, 0.29) is 11.5 Å². The summed E-state index contributed by atoms with van der Waals surface area (Å²) in [6, 6.07) is 8.78. The largest absolute Gasteiger partial charge is 0.397 e. The number of benzene rings is 1. The van der Waals surface area contributed by atoms with Crippen molar-refractivity contribution in [2.24, 2.45) is 17.3 Å². The van der Waals surface area contributed by atoms with Crippen molar-refractivity contribution < 1.29 is 17.2 Å². The first kappa shape index (κ1) is 15.6. The zero-order valence-electron chi connectivity index (χ0n) is 13.4. The molecule has 1 N–H and O–H groups in total. The lowest BCUT2D eigenvalue weighted by Gasteiger charge is -2.50. The summed E-state index contributed by atoms with van der Waals surface area (Å²) < 4.78 is 36.5. The average Bonchev–Trinajstić information content (AvgIpc) is 2.82. The van der Waals surface area contributed by atoms with Gasteiger partial charge >= 0.3 is 10.4 Å². The molecule has 0 spiro atoms. The quantitative estimate of drug-likeness (QED) is 0.836. The van der Waals surface area contributed by atoms with Gasteiger partial charge in [0, 0.05) is 0 Å². The molecule has 5 atom stereocenters. The predicted molar refractivity (Wildman–Crippen MR) is 87.5 cm³/mol. The Balaban J connectivity index is 1.63. The van der Waals surface area contributed by atoms with Gasteiger partial charge in [0.05, 0.1) is 6.10 Å². The van der Waals surface area contributed by atoms with Crippen molar-refractivity contribution >= 4 is 10.4 Å². The molecule has 4 nitrogen and oxygen atoms in total. The fourth-order valence-electron chi connectivity index (χ4n) is 5.78. The van der Waals surface area contributed by atoms with Crippen molar-refractivity contribution in [3.8, 4) is 0 Å². The van der Waals surface area contributed by atoms with Gasteiger partial charge in [-0.2, -0.15) is 8.42 Å². The Kier molecular flexibility index (Phi) is 3.59. The Hall–Kier alpha value is -0.910. The monoisotopic (exact) mass is 336 g/mol. The third-order valence-corrected chi connectivity index (χ3v) is 7.26. The number of hydrogen-bond acceptors (Lipinski definition) is 3. The molecule has 0 bridgehead atoms. The van der Waals surface area contributed by atoms with E-state index in [0.717, 1.165) is 32.1 Å². The number of aryl methyl sites for hydroxylation is 1. The summed E-state index contributed by atoms with van der Waals surface area (Å²) in [7, 11) is -4.37. The van der Waals surface area contributed by atoms with Crippen LogP contribution in [0.1, 0.15) is 56.1 Å². The van der Waals surface area contributed by atoms with Gasteiger partial charge < -0.3 is 0 Å². The summed E-state index contributed by atoms with van der Waals surface area (Å²) in [5.74, 6) is 1.70. The van der Waals surface area contributed by atoms with E-state index in [0.29, 0.717) is 17.8 Å². The summed E-state index contributed by atoms with van der Waals surface area (Å²) in [5.41, 5.74) is 2.86. The molecule has 126 valence electrons. The van der Waals surface area contributed by atoms with E-state index in [1.807, 2.05) is 0 Å². The van der Waals surface area contributed by atoms with Crippen LogP contribution in [-0.4, -0.2) is 19.1 Å². The summed E-state index contributed by atoms with van der Waals surface area (Å²) in [4.78, 5) is 0. The normalized spacial score (nSPS) is 39.4. The van der Waals surface area contributed by atoms with E-state index in [4.69, 9.17) is 8.74 Å². The molecule has 1 aromatic rings. The van der Waals surface area contributed by atoms with E-state index in [9.17, 15) is 8.42 Å². The van der Waals surface area contributed by atoms with Crippen LogP contribution in [0.3, 0.4) is 0 Å². The molecule has 0 aliphatic heterocycles. The van der Waals surface area contributed by atoms with E-state index in [2.05, 4.69) is 31.2 Å². The Labute approximate surface area is 138 Å². The molecule has 2 fully saturated rings. The van der Waals surface area contributed by atoms with Gasteiger partial charge in [0.15, 0.2) is 0 Å². The van der Waals surface area contributed by atoms with Crippen LogP contribution >= 0.6 is 0 Å². The van der Waals surface area contributed by atoms with Gasteiger partial charge in [0.25, 0.3) is 0 Å². The van der Waals surface area contributed by atoms with Gasteiger partial charge in [0.1, 0.15) is 0 Å². The molecular formula is C18H24O4S. The van der Waals surface area contributed by atoms with Crippen LogP contribution in [0.5, 0.6) is 0 Å². The fraction of sp³-hybridized carbons (Fsp3) is 0.667. The zero-order chi connectivity index (χ0) is 16.2. The van der Waals surface area contributed by atoms with Crippen molar-refractivity contribution in [3.63, 3.8) is 0 Å². The van der Waals surface area contributed by atoms with Gasteiger partial charge in [-0.15, -0.1) is 0 Å². The Morgan fingerprint density at radius 3 is 2.74 bits per heavy atom. The second kappa shape index (κ2) is 5.30. The predicted octanol–water partition coefficient (Wildman–Crippen LogP) is 3.73. The van der Waals surface area contributed by atoms with E-state index in [1.54, 1.807) is 0 Å². The highest BCUT2D eigenvalue weighted by Gasteiger charge is 2.56. The topological polar surface area (TPSA) is 63.6 Å². The van der Waals surface area contributed by atoms with E-state index < -0.39 is 10.4 Å². The molecule has 5 heteroatoms. The molecule has 3 aliphatic carbocycles. The first-order valence-corrected chi connectivity index (χ1v) is 9.98. The highest BCUT2D eigenvalue weighted by Crippen LogP contribution is 2.61. The third kappa shape index (κ3) is 2.53. The van der Waals surface area contributed by atoms with Crippen LogP contribution < -0.4 is 0 Å².